The zero-order valence-corrected chi connectivity index (χ0v) is 12.8. The van der Waals surface area contributed by atoms with Crippen molar-refractivity contribution in [1.82, 2.24) is 10.3 Å². The second-order valence-corrected chi connectivity index (χ2v) is 6.17. The van der Waals surface area contributed by atoms with Crippen LogP contribution < -0.4 is 10.6 Å². The van der Waals surface area contributed by atoms with Gasteiger partial charge in [-0.15, -0.1) is 11.3 Å². The van der Waals surface area contributed by atoms with Gasteiger partial charge in [-0.2, -0.15) is 0 Å². The molecule has 0 bridgehead atoms. The van der Waals surface area contributed by atoms with Crippen LogP contribution >= 0.6 is 11.3 Å². The van der Waals surface area contributed by atoms with Crippen molar-refractivity contribution in [3.05, 3.63) is 46.4 Å². The van der Waals surface area contributed by atoms with Crippen molar-refractivity contribution in [3.63, 3.8) is 0 Å². The van der Waals surface area contributed by atoms with Gasteiger partial charge in [0.2, 0.25) is 0 Å². The second kappa shape index (κ2) is 6.05. The van der Waals surface area contributed by atoms with E-state index in [0.717, 1.165) is 5.69 Å². The average Bonchev–Trinajstić information content (AvgIpc) is 3.00. The van der Waals surface area contributed by atoms with Gasteiger partial charge >= 0.3 is 0 Å². The van der Waals surface area contributed by atoms with E-state index in [4.69, 9.17) is 0 Å². The molecule has 0 saturated carbocycles. The molecule has 0 saturated heterocycles. The molecule has 0 spiro atoms. The van der Waals surface area contributed by atoms with Crippen molar-refractivity contribution in [2.75, 3.05) is 18.9 Å². The maximum atomic E-state index is 12.1. The van der Waals surface area contributed by atoms with Crippen LogP contribution in [0.2, 0.25) is 0 Å². The van der Waals surface area contributed by atoms with Gasteiger partial charge in [0.15, 0.2) is 0 Å². The Balaban J connectivity index is 2.01. The van der Waals surface area contributed by atoms with Crippen molar-refractivity contribution in [2.45, 2.75) is 19.3 Å². The van der Waals surface area contributed by atoms with Gasteiger partial charge in [-0.05, 0) is 23.6 Å². The molecule has 2 aromatic heterocycles. The van der Waals surface area contributed by atoms with Gasteiger partial charge in [-0.25, -0.2) is 0 Å². The monoisotopic (exact) mass is 289 g/mol. The van der Waals surface area contributed by atoms with Crippen LogP contribution in [0.4, 0.5) is 5.69 Å². The molecule has 0 radical (unpaired) electrons. The third-order valence-corrected chi connectivity index (χ3v) is 4.40. The summed E-state index contributed by atoms with van der Waals surface area (Å²) >= 11 is 1.71. The number of anilines is 1. The van der Waals surface area contributed by atoms with E-state index in [2.05, 4.69) is 40.9 Å². The molecule has 2 heterocycles. The lowest BCUT2D eigenvalue weighted by Gasteiger charge is -2.23. The lowest BCUT2D eigenvalue weighted by atomic mass is 9.91. The molecular weight excluding hydrogens is 270 g/mol. The smallest absolute Gasteiger partial charge is 0.269 e. The molecular formula is C15H19N3OS. The van der Waals surface area contributed by atoms with Crippen molar-refractivity contribution >= 4 is 22.9 Å². The molecule has 106 valence electrons. The third-order valence-electron chi connectivity index (χ3n) is 3.16. The first-order valence-corrected chi connectivity index (χ1v) is 7.37. The summed E-state index contributed by atoms with van der Waals surface area (Å²) in [5, 5.41) is 8.01. The van der Waals surface area contributed by atoms with E-state index in [9.17, 15) is 4.79 Å². The van der Waals surface area contributed by atoms with Crippen LogP contribution in [0.3, 0.4) is 0 Å². The molecule has 2 N–H and O–H groups in total. The Hall–Kier alpha value is -1.88. The fourth-order valence-corrected chi connectivity index (χ4v) is 2.70. The third kappa shape index (κ3) is 3.36. The summed E-state index contributed by atoms with van der Waals surface area (Å²) in [5.41, 5.74) is 1.23. The Morgan fingerprint density at radius 3 is 2.85 bits per heavy atom. The Morgan fingerprint density at radius 1 is 1.40 bits per heavy atom. The predicted octanol–water partition coefficient (Wildman–Crippen LogP) is 2.89. The summed E-state index contributed by atoms with van der Waals surface area (Å²) in [4.78, 5) is 17.5. The number of nitrogens with zero attached hydrogens (tertiary/aromatic N) is 1. The number of nitrogens with one attached hydrogen (secondary N) is 2. The van der Waals surface area contributed by atoms with Crippen LogP contribution in [0.5, 0.6) is 0 Å². The van der Waals surface area contributed by atoms with Crippen molar-refractivity contribution in [1.29, 1.82) is 0 Å². The van der Waals surface area contributed by atoms with Crippen molar-refractivity contribution in [2.24, 2.45) is 0 Å². The number of rotatable bonds is 5. The highest BCUT2D eigenvalue weighted by atomic mass is 32.1. The van der Waals surface area contributed by atoms with Crippen LogP contribution in [0.1, 0.15) is 29.2 Å². The maximum absolute atomic E-state index is 12.1. The fraction of sp³-hybridized carbons (Fsp3) is 0.333. The highest BCUT2D eigenvalue weighted by Gasteiger charge is 2.22. The summed E-state index contributed by atoms with van der Waals surface area (Å²) in [7, 11) is 1.82. The van der Waals surface area contributed by atoms with Gasteiger partial charge < -0.3 is 10.6 Å². The van der Waals surface area contributed by atoms with Crippen LogP contribution in [-0.4, -0.2) is 24.5 Å². The van der Waals surface area contributed by atoms with Gasteiger partial charge in [-0.1, -0.05) is 19.9 Å². The maximum Gasteiger partial charge on any atom is 0.269 e. The molecule has 1 amide bonds. The number of thiophene rings is 1. The Labute approximate surface area is 123 Å². The second-order valence-electron chi connectivity index (χ2n) is 5.22. The fourth-order valence-electron chi connectivity index (χ4n) is 1.85. The highest BCUT2D eigenvalue weighted by Crippen LogP contribution is 2.26. The van der Waals surface area contributed by atoms with Gasteiger partial charge in [0.25, 0.3) is 5.91 Å². The summed E-state index contributed by atoms with van der Waals surface area (Å²) in [6.45, 7) is 4.82. The van der Waals surface area contributed by atoms with E-state index >= 15 is 0 Å². The molecule has 0 atom stereocenters. The van der Waals surface area contributed by atoms with E-state index in [1.165, 1.54) is 4.88 Å². The molecule has 0 fully saturated rings. The molecule has 5 heteroatoms. The van der Waals surface area contributed by atoms with Gasteiger partial charge in [0, 0.05) is 35.8 Å². The first-order valence-electron chi connectivity index (χ1n) is 6.49. The van der Waals surface area contributed by atoms with Gasteiger partial charge in [-0.3, -0.25) is 9.78 Å². The summed E-state index contributed by atoms with van der Waals surface area (Å²) < 4.78 is 0. The molecule has 0 aliphatic rings. The Kier molecular flexibility index (Phi) is 4.39. The summed E-state index contributed by atoms with van der Waals surface area (Å²) in [5.74, 6) is -0.147. The van der Waals surface area contributed by atoms with Gasteiger partial charge in [0.05, 0.1) is 0 Å². The zero-order valence-electron chi connectivity index (χ0n) is 11.9. The number of carbonyl (C=O) groups is 1. The number of aromatic nitrogens is 1. The first kappa shape index (κ1) is 14.5. The molecule has 0 unspecified atom stereocenters. The van der Waals surface area contributed by atoms with Crippen molar-refractivity contribution in [3.8, 4) is 0 Å². The summed E-state index contributed by atoms with van der Waals surface area (Å²) in [6.07, 6.45) is 1.63. The number of hydrogen-bond donors (Lipinski definition) is 2. The first-order chi connectivity index (χ1) is 9.53. The van der Waals surface area contributed by atoms with E-state index in [1.54, 1.807) is 23.6 Å². The molecule has 2 rings (SSSR count). The quantitative estimate of drug-likeness (QED) is 0.890. The largest absolute Gasteiger partial charge is 0.388 e. The number of pyridine rings is 1. The van der Waals surface area contributed by atoms with E-state index in [0.29, 0.717) is 12.2 Å². The summed E-state index contributed by atoms with van der Waals surface area (Å²) in [6, 6.07) is 7.69. The normalized spacial score (nSPS) is 11.2. The number of carbonyl (C=O) groups excluding carboxylic acids is 1. The van der Waals surface area contributed by atoms with E-state index < -0.39 is 0 Å². The number of amides is 1. The van der Waals surface area contributed by atoms with Crippen LogP contribution in [0, 0.1) is 0 Å². The highest BCUT2D eigenvalue weighted by molar-refractivity contribution is 7.10. The molecule has 0 aliphatic carbocycles. The van der Waals surface area contributed by atoms with E-state index in [1.807, 2.05) is 19.2 Å². The Morgan fingerprint density at radius 2 is 2.20 bits per heavy atom. The SMILES string of the molecule is CNc1ccnc(C(=O)NCC(C)(C)c2cccs2)c1. The lowest BCUT2D eigenvalue weighted by Crippen LogP contribution is -2.36. The molecule has 2 aromatic rings. The molecule has 0 aliphatic heterocycles. The molecule has 0 aromatic carbocycles. The minimum Gasteiger partial charge on any atom is -0.388 e. The topological polar surface area (TPSA) is 54.0 Å². The Bertz CT molecular complexity index is 579. The predicted molar refractivity (Wildman–Crippen MR) is 83.5 cm³/mol. The van der Waals surface area contributed by atoms with Crippen LogP contribution in [0.25, 0.3) is 0 Å². The standard InChI is InChI=1S/C15H19N3OS/c1-15(2,13-5-4-8-20-13)10-18-14(19)12-9-11(16-3)6-7-17-12/h4-9H,10H2,1-3H3,(H,16,17)(H,18,19). The minimum absolute atomic E-state index is 0.0789. The van der Waals surface area contributed by atoms with E-state index in [-0.39, 0.29) is 11.3 Å². The zero-order chi connectivity index (χ0) is 14.6. The minimum atomic E-state index is -0.147. The molecule has 20 heavy (non-hydrogen) atoms. The van der Waals surface area contributed by atoms with Gasteiger partial charge in [0.1, 0.15) is 5.69 Å². The lowest BCUT2D eigenvalue weighted by molar-refractivity contribution is 0.0941. The number of hydrogen-bond acceptors (Lipinski definition) is 4. The molecule has 4 nitrogen and oxygen atoms in total. The van der Waals surface area contributed by atoms with Crippen molar-refractivity contribution < 1.29 is 4.79 Å². The van der Waals surface area contributed by atoms with Crippen LogP contribution in [0.15, 0.2) is 35.8 Å². The average molecular weight is 289 g/mol. The van der Waals surface area contributed by atoms with Crippen LogP contribution in [-0.2, 0) is 5.41 Å².